The Morgan fingerprint density at radius 3 is 2.25 bits per heavy atom. The van der Waals surface area contributed by atoms with E-state index < -0.39 is 5.41 Å². The van der Waals surface area contributed by atoms with E-state index >= 15 is 0 Å². The summed E-state index contributed by atoms with van der Waals surface area (Å²) in [5, 5.41) is 8.90. The Labute approximate surface area is 198 Å². The fourth-order valence-electron chi connectivity index (χ4n) is 4.85. The molecule has 2 aromatic rings. The van der Waals surface area contributed by atoms with Gasteiger partial charge in [-0.15, -0.1) is 0 Å². The summed E-state index contributed by atoms with van der Waals surface area (Å²) in [6.07, 6.45) is 6.65. The van der Waals surface area contributed by atoms with Crippen molar-refractivity contribution in [1.82, 2.24) is 9.88 Å². The smallest absolute Gasteiger partial charge is 0.229 e. The summed E-state index contributed by atoms with van der Waals surface area (Å²) in [5.74, 6) is 0.748. The van der Waals surface area contributed by atoms with E-state index in [2.05, 4.69) is 61.8 Å². The Kier molecular flexibility index (Phi) is 7.51. The molecule has 32 heavy (non-hydrogen) atoms. The number of hydrogen-bond acceptors (Lipinski definition) is 3. The Hall–Kier alpha value is -1.72. The summed E-state index contributed by atoms with van der Waals surface area (Å²) >= 11 is 1.33. The van der Waals surface area contributed by atoms with Gasteiger partial charge in [-0.2, -0.15) is 0 Å². The number of carbonyl (C=O) groups is 1. The van der Waals surface area contributed by atoms with E-state index in [9.17, 15) is 4.79 Å². The zero-order chi connectivity index (χ0) is 23.7. The molecule has 1 amide bonds. The number of rotatable bonds is 6. The van der Waals surface area contributed by atoms with Gasteiger partial charge in [-0.1, -0.05) is 46.1 Å². The molecule has 1 heterocycles. The highest BCUT2D eigenvalue weighted by Gasteiger charge is 2.31. The second kappa shape index (κ2) is 9.64. The van der Waals surface area contributed by atoms with Crippen LogP contribution < -0.4 is 10.5 Å². The van der Waals surface area contributed by atoms with E-state index in [0.717, 1.165) is 22.9 Å². The highest BCUT2D eigenvalue weighted by Crippen LogP contribution is 2.38. The average Bonchev–Trinajstić information content (AvgIpc) is 3.08. The summed E-state index contributed by atoms with van der Waals surface area (Å²) in [4.78, 5) is 13.9. The second-order valence-electron chi connectivity index (χ2n) is 11.0. The molecule has 1 aromatic carbocycles. The Bertz CT molecular complexity index is 962. The second-order valence-corrected chi connectivity index (χ2v) is 11.6. The zero-order valence-corrected chi connectivity index (χ0v) is 21.8. The number of likely N-dealkylation sites (N-methyl/N-ethyl adjacent to an activating group) is 1. The standard InChI is InChI=1S/C27H41N3OS/c1-18-24(32-28)16-23(30(18)17-19-11-9-8-10-12-19)20-13-21(26(2,3)4)15-22(14-20)27(5,6)25(31)29-7/h13-16,19H,8-12,17,28H2,1-7H3,(H,29,31). The third-order valence-corrected chi connectivity index (χ3v) is 7.89. The van der Waals surface area contributed by atoms with Gasteiger partial charge in [0.25, 0.3) is 0 Å². The quantitative estimate of drug-likeness (QED) is 0.500. The maximum absolute atomic E-state index is 12.7. The van der Waals surface area contributed by atoms with Crippen LogP contribution in [0.5, 0.6) is 0 Å². The van der Waals surface area contributed by atoms with Gasteiger partial charge in [-0.25, -0.2) is 0 Å². The predicted molar refractivity (Wildman–Crippen MR) is 137 cm³/mol. The van der Waals surface area contributed by atoms with Crippen molar-refractivity contribution < 1.29 is 4.79 Å². The SMILES string of the molecule is CNC(=O)C(C)(C)c1cc(-c2cc(SN)c(C)n2CC2CCCCC2)cc(C(C)(C)C)c1. The minimum Gasteiger partial charge on any atom is -0.358 e. The third kappa shape index (κ3) is 5.09. The molecule has 1 aliphatic rings. The molecule has 0 saturated heterocycles. The Morgan fingerprint density at radius 1 is 1.06 bits per heavy atom. The highest BCUT2D eigenvalue weighted by molar-refractivity contribution is 7.97. The molecule has 0 radical (unpaired) electrons. The van der Waals surface area contributed by atoms with E-state index in [1.54, 1.807) is 7.05 Å². The van der Waals surface area contributed by atoms with Crippen molar-refractivity contribution in [2.24, 2.45) is 11.1 Å². The van der Waals surface area contributed by atoms with Crippen molar-refractivity contribution in [3.8, 4) is 11.3 Å². The number of aromatic nitrogens is 1. The van der Waals surface area contributed by atoms with Gasteiger partial charge in [0.1, 0.15) is 0 Å². The normalized spacial score (nSPS) is 15.8. The van der Waals surface area contributed by atoms with Gasteiger partial charge in [0, 0.05) is 29.9 Å². The van der Waals surface area contributed by atoms with E-state index in [-0.39, 0.29) is 11.3 Å². The molecular weight excluding hydrogens is 414 g/mol. The number of hydrogen-bond donors (Lipinski definition) is 2. The van der Waals surface area contributed by atoms with Gasteiger partial charge in [-0.05, 0) is 91.8 Å². The lowest BCUT2D eigenvalue weighted by molar-refractivity contribution is -0.125. The molecule has 1 fully saturated rings. The predicted octanol–water partition coefficient (Wildman–Crippen LogP) is 6.33. The molecule has 0 bridgehead atoms. The first-order valence-corrected chi connectivity index (χ1v) is 12.8. The van der Waals surface area contributed by atoms with Crippen LogP contribution in [0.4, 0.5) is 0 Å². The highest BCUT2D eigenvalue weighted by atomic mass is 32.2. The maximum atomic E-state index is 12.7. The van der Waals surface area contributed by atoms with Gasteiger partial charge in [-0.3, -0.25) is 9.93 Å². The average molecular weight is 456 g/mol. The van der Waals surface area contributed by atoms with Gasteiger partial charge in [0.2, 0.25) is 5.91 Å². The van der Waals surface area contributed by atoms with Crippen molar-refractivity contribution in [2.75, 3.05) is 7.05 Å². The lowest BCUT2D eigenvalue weighted by atomic mass is 9.77. The molecule has 0 aliphatic heterocycles. The van der Waals surface area contributed by atoms with Crippen molar-refractivity contribution in [2.45, 2.75) is 95.9 Å². The monoisotopic (exact) mass is 455 g/mol. The molecule has 5 heteroatoms. The van der Waals surface area contributed by atoms with E-state index in [1.165, 1.54) is 66.6 Å². The first kappa shape index (κ1) is 24.9. The minimum absolute atomic E-state index is 0.0230. The van der Waals surface area contributed by atoms with Crippen LogP contribution in [0.2, 0.25) is 0 Å². The molecule has 3 N–H and O–H groups in total. The summed E-state index contributed by atoms with van der Waals surface area (Å²) in [6.45, 7) is 13.9. The third-order valence-electron chi connectivity index (χ3n) is 7.22. The molecule has 0 atom stereocenters. The van der Waals surface area contributed by atoms with Crippen molar-refractivity contribution in [3.63, 3.8) is 0 Å². The first-order valence-electron chi connectivity index (χ1n) is 11.9. The molecule has 0 spiro atoms. The summed E-state index contributed by atoms with van der Waals surface area (Å²) in [6, 6.07) is 8.96. The van der Waals surface area contributed by atoms with Crippen LogP contribution in [0, 0.1) is 12.8 Å². The van der Waals surface area contributed by atoms with Crippen LogP contribution in [0.3, 0.4) is 0 Å². The Balaban J connectivity index is 2.17. The first-order chi connectivity index (χ1) is 15.0. The summed E-state index contributed by atoms with van der Waals surface area (Å²) < 4.78 is 2.48. The van der Waals surface area contributed by atoms with Gasteiger partial charge in [0.15, 0.2) is 0 Å². The van der Waals surface area contributed by atoms with Crippen LogP contribution in [0.25, 0.3) is 11.3 Å². The summed E-state index contributed by atoms with van der Waals surface area (Å²) in [5.41, 5.74) is 5.27. The number of benzene rings is 1. The molecule has 4 nitrogen and oxygen atoms in total. The number of carbonyl (C=O) groups excluding carboxylic acids is 1. The topological polar surface area (TPSA) is 60.1 Å². The van der Waals surface area contributed by atoms with Gasteiger partial charge < -0.3 is 9.88 Å². The molecular formula is C27H41N3OS. The maximum Gasteiger partial charge on any atom is 0.229 e. The van der Waals surface area contributed by atoms with E-state index in [0.29, 0.717) is 0 Å². The Morgan fingerprint density at radius 2 is 1.69 bits per heavy atom. The zero-order valence-electron chi connectivity index (χ0n) is 21.0. The van der Waals surface area contributed by atoms with Crippen molar-refractivity contribution >= 4 is 17.9 Å². The summed E-state index contributed by atoms with van der Waals surface area (Å²) in [7, 11) is 1.71. The molecule has 1 saturated carbocycles. The lowest BCUT2D eigenvalue weighted by Gasteiger charge is -2.28. The number of amides is 1. The molecule has 1 aromatic heterocycles. The lowest BCUT2D eigenvalue weighted by Crippen LogP contribution is -2.38. The molecule has 1 aliphatic carbocycles. The van der Waals surface area contributed by atoms with Crippen molar-refractivity contribution in [3.05, 3.63) is 41.1 Å². The number of nitrogens with two attached hydrogens (primary N) is 1. The fourth-order valence-corrected chi connectivity index (χ4v) is 5.32. The minimum atomic E-state index is -0.619. The van der Waals surface area contributed by atoms with Crippen LogP contribution in [-0.4, -0.2) is 17.5 Å². The van der Waals surface area contributed by atoms with Crippen LogP contribution in [-0.2, 0) is 22.2 Å². The van der Waals surface area contributed by atoms with Crippen molar-refractivity contribution in [1.29, 1.82) is 0 Å². The fraction of sp³-hybridized carbons (Fsp3) is 0.593. The van der Waals surface area contributed by atoms with Gasteiger partial charge in [0.05, 0.1) is 5.41 Å². The largest absolute Gasteiger partial charge is 0.358 e. The van der Waals surface area contributed by atoms with Gasteiger partial charge >= 0.3 is 0 Å². The van der Waals surface area contributed by atoms with Crippen LogP contribution >= 0.6 is 11.9 Å². The number of nitrogens with zero attached hydrogens (tertiary/aromatic N) is 1. The number of nitrogens with one attached hydrogen (secondary N) is 1. The van der Waals surface area contributed by atoms with E-state index in [1.807, 2.05) is 13.8 Å². The molecule has 176 valence electrons. The molecule has 3 rings (SSSR count). The molecule has 0 unspecified atom stereocenters. The van der Waals surface area contributed by atoms with E-state index in [4.69, 9.17) is 5.14 Å². The van der Waals surface area contributed by atoms with Crippen LogP contribution in [0.1, 0.15) is 83.5 Å². The van der Waals surface area contributed by atoms with Crippen LogP contribution in [0.15, 0.2) is 29.2 Å².